The van der Waals surface area contributed by atoms with Crippen LogP contribution in [0.15, 0.2) is 66.7 Å². The molecular formula is C24H27NO3. The Balaban J connectivity index is 1.70. The minimum absolute atomic E-state index is 0.0624. The first kappa shape index (κ1) is 19.7. The van der Waals surface area contributed by atoms with Crippen molar-refractivity contribution in [3.05, 3.63) is 72.3 Å². The van der Waals surface area contributed by atoms with Crippen LogP contribution in [0.4, 0.5) is 0 Å². The quantitative estimate of drug-likeness (QED) is 0.581. The standard InChI is InChI=1S/C24H27NO3/c1-4-22(18-11-13-20(27-3)14-12-18)25-24(26)23(5-2)28-21-15-10-17-8-6-7-9-19(17)16-21/h6-16,22-23H,4-5H2,1-3H3,(H,25,26)/t22-,23-/m1/s1. The monoisotopic (exact) mass is 377 g/mol. The number of methoxy groups -OCH3 is 1. The number of rotatable bonds is 8. The van der Waals surface area contributed by atoms with Crippen LogP contribution in [0.1, 0.15) is 38.3 Å². The maximum Gasteiger partial charge on any atom is 0.261 e. The van der Waals surface area contributed by atoms with E-state index in [1.165, 1.54) is 0 Å². The van der Waals surface area contributed by atoms with E-state index in [0.29, 0.717) is 12.2 Å². The van der Waals surface area contributed by atoms with Crippen molar-refractivity contribution in [2.24, 2.45) is 0 Å². The molecule has 146 valence electrons. The van der Waals surface area contributed by atoms with E-state index in [1.807, 2.05) is 67.6 Å². The molecule has 1 amide bonds. The summed E-state index contributed by atoms with van der Waals surface area (Å²) in [7, 11) is 1.64. The number of hydrogen-bond acceptors (Lipinski definition) is 3. The fourth-order valence-corrected chi connectivity index (χ4v) is 3.25. The summed E-state index contributed by atoms with van der Waals surface area (Å²) in [5.74, 6) is 1.41. The Morgan fingerprint density at radius 2 is 1.57 bits per heavy atom. The van der Waals surface area contributed by atoms with Crippen molar-refractivity contribution in [3.63, 3.8) is 0 Å². The van der Waals surface area contributed by atoms with Gasteiger partial charge < -0.3 is 14.8 Å². The van der Waals surface area contributed by atoms with Gasteiger partial charge in [0, 0.05) is 0 Å². The maximum absolute atomic E-state index is 12.8. The van der Waals surface area contributed by atoms with Crippen molar-refractivity contribution in [2.75, 3.05) is 7.11 Å². The summed E-state index contributed by atoms with van der Waals surface area (Å²) in [6, 6.07) is 21.7. The maximum atomic E-state index is 12.8. The van der Waals surface area contributed by atoms with Crippen LogP contribution in [-0.2, 0) is 4.79 Å². The Kier molecular flexibility index (Phi) is 6.53. The molecule has 28 heavy (non-hydrogen) atoms. The number of ether oxygens (including phenoxy) is 2. The molecule has 0 fully saturated rings. The van der Waals surface area contributed by atoms with Crippen LogP contribution in [0, 0.1) is 0 Å². The Morgan fingerprint density at radius 3 is 2.21 bits per heavy atom. The molecule has 0 radical (unpaired) electrons. The van der Waals surface area contributed by atoms with Gasteiger partial charge in [-0.1, -0.05) is 56.3 Å². The van der Waals surface area contributed by atoms with E-state index >= 15 is 0 Å². The highest BCUT2D eigenvalue weighted by Gasteiger charge is 2.22. The predicted molar refractivity (Wildman–Crippen MR) is 113 cm³/mol. The van der Waals surface area contributed by atoms with E-state index < -0.39 is 6.10 Å². The van der Waals surface area contributed by atoms with Crippen molar-refractivity contribution >= 4 is 16.7 Å². The molecule has 3 rings (SSSR count). The molecule has 4 nitrogen and oxygen atoms in total. The first-order valence-corrected chi connectivity index (χ1v) is 9.74. The fraction of sp³-hybridized carbons (Fsp3) is 0.292. The summed E-state index contributed by atoms with van der Waals surface area (Å²) < 4.78 is 11.2. The summed E-state index contributed by atoms with van der Waals surface area (Å²) in [5.41, 5.74) is 1.05. The van der Waals surface area contributed by atoms with Gasteiger partial charge in [-0.3, -0.25) is 4.79 Å². The van der Waals surface area contributed by atoms with E-state index in [2.05, 4.69) is 18.3 Å². The van der Waals surface area contributed by atoms with Gasteiger partial charge in [-0.05, 0) is 53.4 Å². The molecule has 0 bridgehead atoms. The Hall–Kier alpha value is -3.01. The molecule has 3 aromatic carbocycles. The van der Waals surface area contributed by atoms with Gasteiger partial charge in [-0.15, -0.1) is 0 Å². The molecule has 0 saturated carbocycles. The second kappa shape index (κ2) is 9.27. The molecule has 2 atom stereocenters. The zero-order chi connectivity index (χ0) is 19.9. The van der Waals surface area contributed by atoms with E-state index in [9.17, 15) is 4.79 Å². The van der Waals surface area contributed by atoms with Crippen molar-refractivity contribution in [1.82, 2.24) is 5.32 Å². The van der Waals surface area contributed by atoms with Gasteiger partial charge in [0.2, 0.25) is 0 Å². The molecule has 0 spiro atoms. The molecule has 0 aliphatic rings. The lowest BCUT2D eigenvalue weighted by molar-refractivity contribution is -0.128. The van der Waals surface area contributed by atoms with Gasteiger partial charge in [0.25, 0.3) is 5.91 Å². The van der Waals surface area contributed by atoms with Crippen LogP contribution in [0.3, 0.4) is 0 Å². The minimum atomic E-state index is -0.534. The number of carbonyl (C=O) groups is 1. The van der Waals surface area contributed by atoms with E-state index in [-0.39, 0.29) is 11.9 Å². The Labute approximate surface area is 166 Å². The first-order valence-electron chi connectivity index (χ1n) is 9.74. The van der Waals surface area contributed by atoms with Crippen LogP contribution in [-0.4, -0.2) is 19.1 Å². The minimum Gasteiger partial charge on any atom is -0.497 e. The summed E-state index contributed by atoms with van der Waals surface area (Å²) in [6.45, 7) is 4.01. The van der Waals surface area contributed by atoms with Crippen LogP contribution in [0.5, 0.6) is 11.5 Å². The van der Waals surface area contributed by atoms with Crippen LogP contribution >= 0.6 is 0 Å². The van der Waals surface area contributed by atoms with Gasteiger partial charge in [-0.2, -0.15) is 0 Å². The molecular weight excluding hydrogens is 350 g/mol. The molecule has 4 heteroatoms. The number of benzene rings is 3. The highest BCUT2D eigenvalue weighted by molar-refractivity contribution is 5.84. The van der Waals surface area contributed by atoms with Crippen LogP contribution in [0.25, 0.3) is 10.8 Å². The Morgan fingerprint density at radius 1 is 0.893 bits per heavy atom. The highest BCUT2D eigenvalue weighted by Crippen LogP contribution is 2.23. The summed E-state index contributed by atoms with van der Waals surface area (Å²) in [6.07, 6.45) is 0.857. The summed E-state index contributed by atoms with van der Waals surface area (Å²) in [5, 5.41) is 5.37. The van der Waals surface area contributed by atoms with Gasteiger partial charge in [-0.25, -0.2) is 0 Å². The average molecular weight is 377 g/mol. The van der Waals surface area contributed by atoms with Crippen LogP contribution < -0.4 is 14.8 Å². The highest BCUT2D eigenvalue weighted by atomic mass is 16.5. The normalized spacial score (nSPS) is 13.0. The summed E-state index contributed by atoms with van der Waals surface area (Å²) in [4.78, 5) is 12.8. The lowest BCUT2D eigenvalue weighted by Crippen LogP contribution is -2.39. The van der Waals surface area contributed by atoms with Crippen molar-refractivity contribution < 1.29 is 14.3 Å². The van der Waals surface area contributed by atoms with E-state index in [0.717, 1.165) is 28.5 Å². The number of hydrogen-bond donors (Lipinski definition) is 1. The topological polar surface area (TPSA) is 47.6 Å². The molecule has 0 aliphatic carbocycles. The lowest BCUT2D eigenvalue weighted by Gasteiger charge is -2.22. The second-order valence-corrected chi connectivity index (χ2v) is 6.77. The molecule has 3 aromatic rings. The summed E-state index contributed by atoms with van der Waals surface area (Å²) >= 11 is 0. The number of fused-ring (bicyclic) bond motifs is 1. The average Bonchev–Trinajstić information content (AvgIpc) is 2.75. The second-order valence-electron chi connectivity index (χ2n) is 6.77. The number of amides is 1. The molecule has 0 unspecified atom stereocenters. The van der Waals surface area contributed by atoms with Crippen LogP contribution in [0.2, 0.25) is 0 Å². The SMILES string of the molecule is CC[C@@H](Oc1ccc2ccccc2c1)C(=O)N[C@H](CC)c1ccc(OC)cc1. The first-order chi connectivity index (χ1) is 13.6. The van der Waals surface area contributed by atoms with Gasteiger partial charge in [0.1, 0.15) is 11.5 Å². The zero-order valence-corrected chi connectivity index (χ0v) is 16.6. The third-order valence-corrected chi connectivity index (χ3v) is 4.91. The third kappa shape index (κ3) is 4.63. The smallest absolute Gasteiger partial charge is 0.261 e. The van der Waals surface area contributed by atoms with Crippen molar-refractivity contribution in [3.8, 4) is 11.5 Å². The predicted octanol–water partition coefficient (Wildman–Crippen LogP) is 5.27. The van der Waals surface area contributed by atoms with Gasteiger partial charge >= 0.3 is 0 Å². The van der Waals surface area contributed by atoms with Crippen molar-refractivity contribution in [2.45, 2.75) is 38.8 Å². The van der Waals surface area contributed by atoms with E-state index in [1.54, 1.807) is 7.11 Å². The Bertz CT molecular complexity index is 921. The van der Waals surface area contributed by atoms with E-state index in [4.69, 9.17) is 9.47 Å². The molecule has 1 N–H and O–H groups in total. The lowest BCUT2D eigenvalue weighted by atomic mass is 10.0. The van der Waals surface area contributed by atoms with Gasteiger partial charge in [0.05, 0.1) is 13.2 Å². The fourth-order valence-electron chi connectivity index (χ4n) is 3.25. The largest absolute Gasteiger partial charge is 0.497 e. The third-order valence-electron chi connectivity index (χ3n) is 4.91. The molecule has 0 aliphatic heterocycles. The molecule has 0 saturated heterocycles. The number of carbonyl (C=O) groups excluding carboxylic acids is 1. The number of nitrogens with one attached hydrogen (secondary N) is 1. The van der Waals surface area contributed by atoms with Crippen molar-refractivity contribution in [1.29, 1.82) is 0 Å². The van der Waals surface area contributed by atoms with Gasteiger partial charge in [0.15, 0.2) is 6.10 Å². The molecule has 0 heterocycles. The molecule has 0 aromatic heterocycles. The zero-order valence-electron chi connectivity index (χ0n) is 16.6.